The van der Waals surface area contributed by atoms with Crippen molar-refractivity contribution >= 4 is 7.82 Å². The molecule has 0 bridgehead atoms. The van der Waals surface area contributed by atoms with E-state index in [1.807, 2.05) is 43.3 Å². The summed E-state index contributed by atoms with van der Waals surface area (Å²) in [5.74, 6) is 0.931. The molecule has 2 aromatic rings. The molecule has 1 atom stereocenters. The molecule has 0 heterocycles. The molecule has 0 N–H and O–H groups in total. The molecule has 0 aromatic heterocycles. The minimum Gasteiger partial charge on any atom is -0.395 e. The summed E-state index contributed by atoms with van der Waals surface area (Å²) in [5, 5.41) is 0. The Labute approximate surface area is 188 Å². The van der Waals surface area contributed by atoms with E-state index in [1.165, 1.54) is 57.8 Å². The summed E-state index contributed by atoms with van der Waals surface area (Å²) in [6.07, 6.45) is 13.5. The number of benzene rings is 2. The normalized spacial score (nSPS) is 12.5. The summed E-state index contributed by atoms with van der Waals surface area (Å²) in [6.45, 7) is 4.19. The molecular weight excluding hydrogens is 407 g/mol. The lowest BCUT2D eigenvalue weighted by molar-refractivity contribution is 0.145. The number of phosphoric ester groups is 1. The fourth-order valence-electron chi connectivity index (χ4n) is 3.47. The third-order valence-electron chi connectivity index (χ3n) is 5.19. The van der Waals surface area contributed by atoms with Crippen LogP contribution in [0.25, 0.3) is 0 Å². The van der Waals surface area contributed by atoms with Crippen LogP contribution < -0.4 is 9.05 Å². The van der Waals surface area contributed by atoms with Crippen molar-refractivity contribution in [2.45, 2.75) is 90.6 Å². The molecule has 0 radical (unpaired) electrons. The van der Waals surface area contributed by atoms with Gasteiger partial charge < -0.3 is 9.05 Å². The summed E-state index contributed by atoms with van der Waals surface area (Å²) in [6, 6.07) is 18.1. The van der Waals surface area contributed by atoms with Crippen LogP contribution in [-0.4, -0.2) is 6.10 Å². The number of hydrogen-bond acceptors (Lipinski definition) is 4. The highest BCUT2D eigenvalue weighted by molar-refractivity contribution is 7.49. The summed E-state index contributed by atoms with van der Waals surface area (Å²) in [5.41, 5.74) is 0. The van der Waals surface area contributed by atoms with Crippen LogP contribution in [0.4, 0.5) is 0 Å². The van der Waals surface area contributed by atoms with Crippen molar-refractivity contribution in [3.05, 3.63) is 60.7 Å². The van der Waals surface area contributed by atoms with E-state index in [0.717, 1.165) is 12.8 Å². The molecule has 2 rings (SSSR count). The number of hydrogen-bond donors (Lipinski definition) is 0. The first-order valence-corrected chi connectivity index (χ1v) is 13.3. The fourth-order valence-corrected chi connectivity index (χ4v) is 4.90. The van der Waals surface area contributed by atoms with Gasteiger partial charge in [-0.05, 0) is 37.6 Å². The zero-order valence-electron chi connectivity index (χ0n) is 19.2. The highest BCUT2D eigenvalue weighted by Crippen LogP contribution is 2.51. The van der Waals surface area contributed by atoms with Crippen molar-refractivity contribution < 1.29 is 18.1 Å². The fraction of sp³-hybridized carbons (Fsp3) is 0.538. The molecule has 2 aromatic carbocycles. The topological polar surface area (TPSA) is 44.8 Å². The van der Waals surface area contributed by atoms with Gasteiger partial charge in [0, 0.05) is 0 Å². The highest BCUT2D eigenvalue weighted by Gasteiger charge is 2.33. The van der Waals surface area contributed by atoms with Crippen LogP contribution in [0.2, 0.25) is 0 Å². The van der Waals surface area contributed by atoms with E-state index in [0.29, 0.717) is 11.5 Å². The van der Waals surface area contributed by atoms with Gasteiger partial charge in [0.15, 0.2) is 0 Å². The van der Waals surface area contributed by atoms with Gasteiger partial charge in [0.05, 0.1) is 6.10 Å². The van der Waals surface area contributed by atoms with E-state index in [1.54, 1.807) is 24.3 Å². The van der Waals surface area contributed by atoms with Crippen LogP contribution in [0.5, 0.6) is 11.5 Å². The first-order chi connectivity index (χ1) is 15.1. The lowest BCUT2D eigenvalue weighted by Gasteiger charge is -2.22. The third-order valence-corrected chi connectivity index (χ3v) is 6.68. The summed E-state index contributed by atoms with van der Waals surface area (Å²) < 4.78 is 30.6. The number of rotatable bonds is 17. The second-order valence-corrected chi connectivity index (χ2v) is 9.61. The molecule has 4 nitrogen and oxygen atoms in total. The Hall–Kier alpha value is -1.77. The summed E-state index contributed by atoms with van der Waals surface area (Å²) in [7, 11) is -3.80. The molecule has 31 heavy (non-hydrogen) atoms. The largest absolute Gasteiger partial charge is 0.587 e. The van der Waals surface area contributed by atoms with Gasteiger partial charge in [0.2, 0.25) is 0 Å². The zero-order chi connectivity index (χ0) is 22.2. The average Bonchev–Trinajstić information content (AvgIpc) is 2.76. The molecular formula is C26H39O4P. The summed E-state index contributed by atoms with van der Waals surface area (Å²) >= 11 is 0. The Bertz CT molecular complexity index is 690. The van der Waals surface area contributed by atoms with Gasteiger partial charge in [-0.3, -0.25) is 4.52 Å². The number of unbranched alkanes of at least 4 members (excludes halogenated alkanes) is 9. The molecule has 0 spiro atoms. The standard InChI is InChI=1S/C26H39O4P/c1-3-4-5-6-7-8-9-10-11-14-19-24(2)28-31(27,29-25-20-15-12-16-21-25)30-26-22-17-13-18-23-26/h12-13,15-18,20-24H,3-11,14,19H2,1-2H3. The van der Waals surface area contributed by atoms with Gasteiger partial charge in [-0.25, -0.2) is 4.57 Å². The van der Waals surface area contributed by atoms with Crippen molar-refractivity contribution in [2.24, 2.45) is 0 Å². The minimum atomic E-state index is -3.80. The third kappa shape index (κ3) is 11.4. The van der Waals surface area contributed by atoms with Gasteiger partial charge in [0.25, 0.3) is 0 Å². The van der Waals surface area contributed by atoms with Crippen LogP contribution in [0.15, 0.2) is 60.7 Å². The summed E-state index contributed by atoms with van der Waals surface area (Å²) in [4.78, 5) is 0. The Morgan fingerprint density at radius 3 is 1.55 bits per heavy atom. The van der Waals surface area contributed by atoms with Crippen molar-refractivity contribution in [1.29, 1.82) is 0 Å². The molecule has 172 valence electrons. The quantitative estimate of drug-likeness (QED) is 0.180. The molecule has 0 fully saturated rings. The van der Waals surface area contributed by atoms with Gasteiger partial charge in [-0.2, -0.15) is 0 Å². The van der Waals surface area contributed by atoms with E-state index < -0.39 is 7.82 Å². The van der Waals surface area contributed by atoms with E-state index >= 15 is 0 Å². The van der Waals surface area contributed by atoms with Crippen LogP contribution >= 0.6 is 7.82 Å². The maximum atomic E-state index is 13.4. The first-order valence-electron chi connectivity index (χ1n) is 11.9. The lowest BCUT2D eigenvalue weighted by Crippen LogP contribution is -2.13. The smallest absolute Gasteiger partial charge is 0.395 e. The average molecular weight is 447 g/mol. The molecule has 0 aliphatic carbocycles. The zero-order valence-corrected chi connectivity index (χ0v) is 20.1. The molecule has 0 aliphatic heterocycles. The maximum absolute atomic E-state index is 13.4. The Morgan fingerprint density at radius 2 is 1.10 bits per heavy atom. The van der Waals surface area contributed by atoms with Crippen molar-refractivity contribution in [3.63, 3.8) is 0 Å². The monoisotopic (exact) mass is 446 g/mol. The van der Waals surface area contributed by atoms with E-state index in [2.05, 4.69) is 6.92 Å². The number of phosphoric acid groups is 1. The highest BCUT2D eigenvalue weighted by atomic mass is 31.2. The maximum Gasteiger partial charge on any atom is 0.587 e. The lowest BCUT2D eigenvalue weighted by atomic mass is 10.1. The van der Waals surface area contributed by atoms with Crippen molar-refractivity contribution in [1.82, 2.24) is 0 Å². The van der Waals surface area contributed by atoms with E-state index in [9.17, 15) is 4.57 Å². The molecule has 0 amide bonds. The minimum absolute atomic E-state index is 0.215. The molecule has 0 saturated heterocycles. The van der Waals surface area contributed by atoms with Gasteiger partial charge in [-0.1, -0.05) is 108 Å². The second kappa shape index (κ2) is 15.1. The van der Waals surface area contributed by atoms with Crippen LogP contribution in [-0.2, 0) is 9.09 Å². The van der Waals surface area contributed by atoms with E-state index in [-0.39, 0.29) is 6.10 Å². The first kappa shape index (κ1) is 25.5. The van der Waals surface area contributed by atoms with Crippen molar-refractivity contribution in [2.75, 3.05) is 0 Å². The predicted octanol–water partition coefficient (Wildman–Crippen LogP) is 8.97. The molecule has 0 saturated carbocycles. The van der Waals surface area contributed by atoms with Gasteiger partial charge >= 0.3 is 7.82 Å². The Morgan fingerprint density at radius 1 is 0.677 bits per heavy atom. The number of para-hydroxylation sites is 2. The Kier molecular flexibility index (Phi) is 12.4. The van der Waals surface area contributed by atoms with Gasteiger partial charge in [0.1, 0.15) is 11.5 Å². The SMILES string of the molecule is CCCCCCCCCCCCC(C)OP(=O)(Oc1ccccc1)Oc1ccccc1. The van der Waals surface area contributed by atoms with Crippen LogP contribution in [0, 0.1) is 0 Å². The molecule has 1 unspecified atom stereocenters. The second-order valence-electron chi connectivity index (χ2n) is 8.14. The molecule has 5 heteroatoms. The van der Waals surface area contributed by atoms with Crippen LogP contribution in [0.3, 0.4) is 0 Å². The van der Waals surface area contributed by atoms with Gasteiger partial charge in [-0.15, -0.1) is 0 Å². The van der Waals surface area contributed by atoms with Crippen LogP contribution in [0.1, 0.15) is 84.5 Å². The van der Waals surface area contributed by atoms with Crippen molar-refractivity contribution in [3.8, 4) is 11.5 Å². The predicted molar refractivity (Wildman–Crippen MR) is 129 cm³/mol. The Balaban J connectivity index is 1.75. The molecule has 0 aliphatic rings. The van der Waals surface area contributed by atoms with E-state index in [4.69, 9.17) is 13.6 Å².